The molecule has 0 aliphatic heterocycles. The van der Waals surface area contributed by atoms with Crippen LogP contribution in [0.1, 0.15) is 10.4 Å². The van der Waals surface area contributed by atoms with Gasteiger partial charge in [0.1, 0.15) is 4.34 Å². The molecule has 2 aromatic heterocycles. The van der Waals surface area contributed by atoms with Crippen molar-refractivity contribution in [2.24, 2.45) is 4.99 Å². The molecule has 0 radical (unpaired) electrons. The Kier molecular flexibility index (Phi) is 5.39. The summed E-state index contributed by atoms with van der Waals surface area (Å²) in [6.07, 6.45) is 1.70. The van der Waals surface area contributed by atoms with Crippen molar-refractivity contribution in [3.63, 3.8) is 0 Å². The van der Waals surface area contributed by atoms with Crippen molar-refractivity contribution in [3.05, 3.63) is 59.9 Å². The molecule has 0 saturated heterocycles. The van der Waals surface area contributed by atoms with Crippen LogP contribution in [0.25, 0.3) is 10.2 Å². The van der Waals surface area contributed by atoms with Gasteiger partial charge in [-0.15, -0.1) is 17.9 Å². The molecule has 0 spiro atoms. The van der Waals surface area contributed by atoms with Crippen molar-refractivity contribution >= 4 is 85.2 Å². The largest absolute Gasteiger partial charge is 0.311 e. The molecule has 0 aliphatic rings. The third-order valence-corrected chi connectivity index (χ3v) is 6.46. The van der Waals surface area contributed by atoms with Crippen LogP contribution < -0.4 is 4.80 Å². The second-order valence-corrected chi connectivity index (χ2v) is 8.73. The zero-order chi connectivity index (χ0) is 17.4. The maximum Gasteiger partial charge on any atom is 0.282 e. The third kappa shape index (κ3) is 3.29. The van der Waals surface area contributed by atoms with E-state index in [9.17, 15) is 4.79 Å². The number of carbonyl (C=O) groups is 1. The van der Waals surface area contributed by atoms with Crippen molar-refractivity contribution in [3.8, 4) is 0 Å². The predicted octanol–water partition coefficient (Wildman–Crippen LogP) is 6.31. The van der Waals surface area contributed by atoms with E-state index in [2.05, 4.69) is 11.6 Å². The molecular weight excluding hydrogens is 430 g/mol. The lowest BCUT2D eigenvalue weighted by Crippen LogP contribution is -2.16. The molecule has 3 nitrogen and oxygen atoms in total. The Labute approximate surface area is 165 Å². The highest BCUT2D eigenvalue weighted by Gasteiger charge is 2.16. The van der Waals surface area contributed by atoms with Crippen molar-refractivity contribution in [1.29, 1.82) is 0 Å². The minimum absolute atomic E-state index is 0.276. The van der Waals surface area contributed by atoms with Crippen molar-refractivity contribution in [2.75, 3.05) is 0 Å². The van der Waals surface area contributed by atoms with E-state index >= 15 is 0 Å². The molecule has 0 saturated carbocycles. The normalized spacial score (nSPS) is 12.1. The number of aromatic nitrogens is 1. The van der Waals surface area contributed by atoms with Crippen LogP contribution in [-0.2, 0) is 6.54 Å². The molecule has 3 aromatic rings. The second-order valence-electron chi connectivity index (χ2n) is 4.65. The summed E-state index contributed by atoms with van der Waals surface area (Å²) < 4.78 is 3.41. The van der Waals surface area contributed by atoms with Gasteiger partial charge in [-0.05, 0) is 18.2 Å². The Morgan fingerprint density at radius 1 is 1.25 bits per heavy atom. The highest BCUT2D eigenvalue weighted by Crippen LogP contribution is 2.33. The summed E-state index contributed by atoms with van der Waals surface area (Å²) in [5.41, 5.74) is 0.994. The van der Waals surface area contributed by atoms with E-state index < -0.39 is 5.91 Å². The Balaban J connectivity index is 2.23. The van der Waals surface area contributed by atoms with Crippen molar-refractivity contribution < 1.29 is 4.79 Å². The lowest BCUT2D eigenvalue weighted by Gasteiger charge is -2.04. The van der Waals surface area contributed by atoms with Crippen LogP contribution in [0.15, 0.2) is 35.8 Å². The van der Waals surface area contributed by atoms with E-state index in [1.54, 1.807) is 16.7 Å². The van der Waals surface area contributed by atoms with Crippen LogP contribution >= 0.6 is 69.1 Å². The lowest BCUT2D eigenvalue weighted by atomic mass is 10.3. The van der Waals surface area contributed by atoms with E-state index in [4.69, 9.17) is 46.4 Å². The van der Waals surface area contributed by atoms with E-state index in [1.807, 2.05) is 6.07 Å². The monoisotopic (exact) mass is 436 g/mol. The van der Waals surface area contributed by atoms with Crippen LogP contribution in [0.4, 0.5) is 0 Å². The third-order valence-electron chi connectivity index (χ3n) is 3.13. The lowest BCUT2D eigenvalue weighted by molar-refractivity contribution is 0.0998. The molecular formula is C15H8Cl4N2OS2. The van der Waals surface area contributed by atoms with Gasteiger partial charge in [0.05, 0.1) is 30.2 Å². The first-order valence-electron chi connectivity index (χ1n) is 6.54. The van der Waals surface area contributed by atoms with Crippen LogP contribution in [0, 0.1) is 0 Å². The number of benzene rings is 1. The first-order valence-corrected chi connectivity index (χ1v) is 9.69. The minimum Gasteiger partial charge on any atom is -0.311 e. The molecule has 24 heavy (non-hydrogen) atoms. The molecule has 0 aliphatic carbocycles. The summed E-state index contributed by atoms with van der Waals surface area (Å²) in [4.78, 5) is 17.1. The Morgan fingerprint density at radius 3 is 2.62 bits per heavy atom. The molecule has 1 aromatic carbocycles. The summed E-state index contributed by atoms with van der Waals surface area (Å²) in [6, 6.07) is 5.06. The number of carbonyl (C=O) groups excluding carboxylic acids is 1. The number of halogens is 4. The number of amides is 1. The zero-order valence-electron chi connectivity index (χ0n) is 11.9. The summed E-state index contributed by atoms with van der Waals surface area (Å²) in [7, 11) is 0. The average molecular weight is 438 g/mol. The van der Waals surface area contributed by atoms with Gasteiger partial charge in [0.25, 0.3) is 5.91 Å². The number of hydrogen-bond acceptors (Lipinski definition) is 3. The SMILES string of the molecule is C=CCn1c(=NC(=O)c2cc(Cl)sc2Cl)sc2ccc(Cl)c(Cl)c21. The quantitative estimate of drug-likeness (QED) is 0.442. The number of hydrogen-bond donors (Lipinski definition) is 0. The molecule has 0 unspecified atom stereocenters. The summed E-state index contributed by atoms with van der Waals surface area (Å²) in [6.45, 7) is 4.17. The molecule has 9 heteroatoms. The molecule has 0 bridgehead atoms. The van der Waals surface area contributed by atoms with Crippen molar-refractivity contribution in [1.82, 2.24) is 4.57 Å². The number of thiazole rings is 1. The van der Waals surface area contributed by atoms with Gasteiger partial charge < -0.3 is 4.57 Å². The number of rotatable bonds is 3. The second kappa shape index (κ2) is 7.20. The van der Waals surface area contributed by atoms with Gasteiger partial charge in [-0.2, -0.15) is 4.99 Å². The van der Waals surface area contributed by atoms with Crippen LogP contribution in [-0.4, -0.2) is 10.5 Å². The van der Waals surface area contributed by atoms with Gasteiger partial charge in [0.2, 0.25) is 0 Å². The molecule has 3 rings (SSSR count). The summed E-state index contributed by atoms with van der Waals surface area (Å²) in [5.74, 6) is -0.463. The molecule has 0 N–H and O–H groups in total. The van der Waals surface area contributed by atoms with Crippen molar-refractivity contribution in [2.45, 2.75) is 6.54 Å². The van der Waals surface area contributed by atoms with E-state index in [1.165, 1.54) is 17.4 Å². The molecule has 0 atom stereocenters. The van der Waals surface area contributed by atoms with Gasteiger partial charge in [-0.3, -0.25) is 4.79 Å². The van der Waals surface area contributed by atoms with E-state index in [0.717, 1.165) is 21.6 Å². The maximum absolute atomic E-state index is 12.4. The average Bonchev–Trinajstić information content (AvgIpc) is 3.04. The standard InChI is InChI=1S/C15H8Cl4N2OS2/c1-2-5-21-12-9(4-3-8(16)11(12)18)23-15(21)20-14(22)7-6-10(17)24-13(7)19/h2-4,6H,1,5H2. The van der Waals surface area contributed by atoms with Gasteiger partial charge >= 0.3 is 0 Å². The van der Waals surface area contributed by atoms with Gasteiger partial charge in [0, 0.05) is 6.54 Å². The fourth-order valence-electron chi connectivity index (χ4n) is 2.12. The summed E-state index contributed by atoms with van der Waals surface area (Å²) in [5, 5.41) is 0.850. The van der Waals surface area contributed by atoms with Crippen LogP contribution in [0.3, 0.4) is 0 Å². The van der Waals surface area contributed by atoms with E-state index in [0.29, 0.717) is 30.1 Å². The molecule has 0 fully saturated rings. The number of thiophene rings is 1. The molecule has 2 heterocycles. The van der Waals surface area contributed by atoms with Crippen LogP contribution in [0.5, 0.6) is 0 Å². The van der Waals surface area contributed by atoms with E-state index in [-0.39, 0.29) is 5.56 Å². The van der Waals surface area contributed by atoms with Crippen LogP contribution in [0.2, 0.25) is 18.7 Å². The molecule has 1 amide bonds. The highest BCUT2D eigenvalue weighted by atomic mass is 35.5. The first kappa shape index (κ1) is 18.0. The zero-order valence-corrected chi connectivity index (χ0v) is 16.5. The highest BCUT2D eigenvalue weighted by molar-refractivity contribution is 7.20. The number of fused-ring (bicyclic) bond motifs is 1. The fourth-order valence-corrected chi connectivity index (χ4v) is 5.09. The van der Waals surface area contributed by atoms with Gasteiger partial charge in [0.15, 0.2) is 4.80 Å². The fraction of sp³-hybridized carbons (Fsp3) is 0.0667. The van der Waals surface area contributed by atoms with Gasteiger partial charge in [-0.1, -0.05) is 63.8 Å². The Hall–Kier alpha value is -0.820. The van der Waals surface area contributed by atoms with Gasteiger partial charge in [-0.25, -0.2) is 0 Å². The summed E-state index contributed by atoms with van der Waals surface area (Å²) >= 11 is 26.8. The Bertz CT molecular complexity index is 1030. The molecule has 124 valence electrons. The predicted molar refractivity (Wildman–Crippen MR) is 104 cm³/mol. The number of allylic oxidation sites excluding steroid dienone is 1. The minimum atomic E-state index is -0.463. The maximum atomic E-state index is 12.4. The Morgan fingerprint density at radius 2 is 2.00 bits per heavy atom. The number of nitrogens with zero attached hydrogens (tertiary/aromatic N) is 2. The smallest absolute Gasteiger partial charge is 0.282 e. The topological polar surface area (TPSA) is 34.4 Å². The first-order chi connectivity index (χ1) is 11.4.